The monoisotopic (exact) mass is 370 g/mol. The molecule has 0 aromatic heterocycles. The summed E-state index contributed by atoms with van der Waals surface area (Å²) in [5.74, 6) is 1.26. The number of hydrogen-bond donors (Lipinski definition) is 0. The fourth-order valence-electron chi connectivity index (χ4n) is 4.70. The van der Waals surface area contributed by atoms with Gasteiger partial charge in [-0.15, -0.1) is 0 Å². The Labute approximate surface area is 163 Å². The molecule has 27 heavy (non-hydrogen) atoms. The highest BCUT2D eigenvalue weighted by Gasteiger charge is 2.37. The standard InChI is InChI=1S/C23H34N2O2/c1-17(2)21-15-25(16-22(27-21)18-7-4-3-5-8-18)20-11-13-24(14-12-20)23(26)19-9-6-10-19/h3-5,7-8,17,19-22H,6,9-16H2,1-2H3/t21-,22+/m1/s1. The zero-order valence-corrected chi connectivity index (χ0v) is 16.8. The third-order valence-corrected chi connectivity index (χ3v) is 6.82. The molecule has 4 nitrogen and oxygen atoms in total. The number of ether oxygens (including phenoxy) is 1. The zero-order valence-electron chi connectivity index (χ0n) is 16.8. The molecule has 2 saturated heterocycles. The van der Waals surface area contributed by atoms with Crippen LogP contribution in [0.2, 0.25) is 0 Å². The van der Waals surface area contributed by atoms with E-state index in [-0.39, 0.29) is 12.2 Å². The summed E-state index contributed by atoms with van der Waals surface area (Å²) in [5, 5.41) is 0. The molecule has 2 atom stereocenters. The van der Waals surface area contributed by atoms with Gasteiger partial charge in [-0.05, 0) is 37.2 Å². The summed E-state index contributed by atoms with van der Waals surface area (Å²) in [4.78, 5) is 17.3. The lowest BCUT2D eigenvalue weighted by Crippen LogP contribution is -2.54. The number of morpholine rings is 1. The van der Waals surface area contributed by atoms with Crippen molar-refractivity contribution in [1.29, 1.82) is 0 Å². The molecule has 0 bridgehead atoms. The van der Waals surface area contributed by atoms with E-state index in [0.29, 0.717) is 23.8 Å². The minimum absolute atomic E-state index is 0.155. The van der Waals surface area contributed by atoms with Crippen molar-refractivity contribution in [2.45, 2.75) is 64.2 Å². The molecule has 3 aliphatic rings. The fourth-order valence-corrected chi connectivity index (χ4v) is 4.70. The number of carbonyl (C=O) groups is 1. The molecule has 1 saturated carbocycles. The van der Waals surface area contributed by atoms with Crippen LogP contribution in [0.5, 0.6) is 0 Å². The molecule has 2 heterocycles. The zero-order chi connectivity index (χ0) is 18.8. The van der Waals surface area contributed by atoms with Crippen molar-refractivity contribution in [1.82, 2.24) is 9.80 Å². The minimum Gasteiger partial charge on any atom is -0.367 e. The second-order valence-corrected chi connectivity index (χ2v) is 8.96. The molecule has 148 valence electrons. The Morgan fingerprint density at radius 1 is 1.04 bits per heavy atom. The van der Waals surface area contributed by atoms with Gasteiger partial charge < -0.3 is 9.64 Å². The van der Waals surface area contributed by atoms with Gasteiger partial charge in [-0.3, -0.25) is 9.69 Å². The highest BCUT2D eigenvalue weighted by molar-refractivity contribution is 5.79. The average molecular weight is 371 g/mol. The van der Waals surface area contributed by atoms with Gasteiger partial charge in [-0.1, -0.05) is 50.6 Å². The molecule has 2 aliphatic heterocycles. The van der Waals surface area contributed by atoms with Crippen LogP contribution in [-0.2, 0) is 9.53 Å². The van der Waals surface area contributed by atoms with Crippen LogP contribution in [0.15, 0.2) is 30.3 Å². The molecule has 4 heteroatoms. The fraction of sp³-hybridized carbons (Fsp3) is 0.696. The first kappa shape index (κ1) is 18.9. The largest absolute Gasteiger partial charge is 0.367 e. The summed E-state index contributed by atoms with van der Waals surface area (Å²) >= 11 is 0. The summed E-state index contributed by atoms with van der Waals surface area (Å²) in [6.07, 6.45) is 6.09. The first-order valence-electron chi connectivity index (χ1n) is 10.8. The molecule has 4 rings (SSSR count). The Hall–Kier alpha value is -1.39. The SMILES string of the molecule is CC(C)[C@H]1CN(C2CCN(C(=O)C3CCC3)CC2)C[C@@H](c2ccccc2)O1. The van der Waals surface area contributed by atoms with Crippen LogP contribution in [0.3, 0.4) is 0 Å². The number of hydrogen-bond acceptors (Lipinski definition) is 3. The van der Waals surface area contributed by atoms with E-state index in [1.165, 1.54) is 12.0 Å². The Balaban J connectivity index is 1.39. The maximum Gasteiger partial charge on any atom is 0.225 e. The minimum atomic E-state index is 0.155. The van der Waals surface area contributed by atoms with Gasteiger partial charge in [-0.2, -0.15) is 0 Å². The van der Waals surface area contributed by atoms with Gasteiger partial charge in [0, 0.05) is 38.1 Å². The molecular formula is C23H34N2O2. The third-order valence-electron chi connectivity index (χ3n) is 6.82. The van der Waals surface area contributed by atoms with Crippen molar-refractivity contribution in [2.24, 2.45) is 11.8 Å². The summed E-state index contributed by atoms with van der Waals surface area (Å²) < 4.78 is 6.46. The van der Waals surface area contributed by atoms with E-state index in [1.807, 2.05) is 0 Å². The molecule has 1 aromatic rings. The Morgan fingerprint density at radius 2 is 1.74 bits per heavy atom. The van der Waals surface area contributed by atoms with Crippen LogP contribution in [-0.4, -0.2) is 54.0 Å². The highest BCUT2D eigenvalue weighted by atomic mass is 16.5. The summed E-state index contributed by atoms with van der Waals surface area (Å²) in [6, 6.07) is 11.2. The van der Waals surface area contributed by atoms with Crippen LogP contribution in [0.1, 0.15) is 57.6 Å². The molecule has 1 aromatic carbocycles. The van der Waals surface area contributed by atoms with Gasteiger partial charge >= 0.3 is 0 Å². The van der Waals surface area contributed by atoms with E-state index in [4.69, 9.17) is 4.74 Å². The van der Waals surface area contributed by atoms with Crippen molar-refractivity contribution in [3.8, 4) is 0 Å². The average Bonchev–Trinajstić information content (AvgIpc) is 2.67. The number of piperidine rings is 1. The number of rotatable bonds is 4. The molecule has 0 radical (unpaired) electrons. The number of benzene rings is 1. The smallest absolute Gasteiger partial charge is 0.225 e. The topological polar surface area (TPSA) is 32.8 Å². The molecule has 0 N–H and O–H groups in total. The van der Waals surface area contributed by atoms with Crippen LogP contribution in [0.25, 0.3) is 0 Å². The predicted octanol–water partition coefficient (Wildman–Crippen LogP) is 3.88. The van der Waals surface area contributed by atoms with Gasteiger partial charge in [0.1, 0.15) is 0 Å². The van der Waals surface area contributed by atoms with Crippen LogP contribution < -0.4 is 0 Å². The Kier molecular flexibility index (Phi) is 5.84. The lowest BCUT2D eigenvalue weighted by molar-refractivity contribution is -0.142. The molecule has 3 fully saturated rings. The van der Waals surface area contributed by atoms with Crippen LogP contribution in [0, 0.1) is 11.8 Å². The van der Waals surface area contributed by atoms with Crippen LogP contribution in [0.4, 0.5) is 0 Å². The number of amides is 1. The van der Waals surface area contributed by atoms with Crippen molar-refractivity contribution in [3.63, 3.8) is 0 Å². The quantitative estimate of drug-likeness (QED) is 0.806. The lowest BCUT2D eigenvalue weighted by Gasteiger charge is -2.46. The van der Waals surface area contributed by atoms with Crippen molar-refractivity contribution in [3.05, 3.63) is 35.9 Å². The lowest BCUT2D eigenvalue weighted by atomic mass is 9.84. The van der Waals surface area contributed by atoms with Gasteiger partial charge in [0.15, 0.2) is 0 Å². The van der Waals surface area contributed by atoms with Crippen molar-refractivity contribution >= 4 is 5.91 Å². The van der Waals surface area contributed by atoms with Crippen LogP contribution >= 0.6 is 0 Å². The number of carbonyl (C=O) groups excluding carboxylic acids is 1. The summed E-state index contributed by atoms with van der Waals surface area (Å²) in [7, 11) is 0. The second kappa shape index (κ2) is 8.32. The van der Waals surface area contributed by atoms with Gasteiger partial charge in [0.05, 0.1) is 12.2 Å². The van der Waals surface area contributed by atoms with E-state index < -0.39 is 0 Å². The van der Waals surface area contributed by atoms with Gasteiger partial charge in [-0.25, -0.2) is 0 Å². The molecule has 1 aliphatic carbocycles. The van der Waals surface area contributed by atoms with Gasteiger partial charge in [0.2, 0.25) is 5.91 Å². The summed E-state index contributed by atoms with van der Waals surface area (Å²) in [6.45, 7) is 8.36. The molecule has 1 amide bonds. The Bertz CT molecular complexity index is 621. The van der Waals surface area contributed by atoms with E-state index in [0.717, 1.165) is 51.9 Å². The maximum absolute atomic E-state index is 12.5. The van der Waals surface area contributed by atoms with E-state index in [2.05, 4.69) is 54.0 Å². The van der Waals surface area contributed by atoms with E-state index in [9.17, 15) is 4.79 Å². The first-order chi connectivity index (χ1) is 13.1. The molecular weight excluding hydrogens is 336 g/mol. The number of nitrogens with zero attached hydrogens (tertiary/aromatic N) is 2. The van der Waals surface area contributed by atoms with Crippen molar-refractivity contribution in [2.75, 3.05) is 26.2 Å². The number of likely N-dealkylation sites (tertiary alicyclic amines) is 1. The highest BCUT2D eigenvalue weighted by Crippen LogP contribution is 2.33. The Morgan fingerprint density at radius 3 is 2.33 bits per heavy atom. The maximum atomic E-state index is 12.5. The molecule has 0 unspecified atom stereocenters. The summed E-state index contributed by atoms with van der Waals surface area (Å²) in [5.41, 5.74) is 1.28. The first-order valence-corrected chi connectivity index (χ1v) is 10.8. The normalized spacial score (nSPS) is 28.3. The molecule has 0 spiro atoms. The van der Waals surface area contributed by atoms with Crippen molar-refractivity contribution < 1.29 is 9.53 Å². The second-order valence-electron chi connectivity index (χ2n) is 8.96. The third kappa shape index (κ3) is 4.22. The van der Waals surface area contributed by atoms with E-state index >= 15 is 0 Å². The predicted molar refractivity (Wildman–Crippen MR) is 107 cm³/mol. The van der Waals surface area contributed by atoms with Gasteiger partial charge in [0.25, 0.3) is 0 Å². The van der Waals surface area contributed by atoms with E-state index in [1.54, 1.807) is 0 Å².